The van der Waals surface area contributed by atoms with Crippen LogP contribution in [-0.2, 0) is 28.6 Å². The minimum absolute atomic E-state index is 0.0696. The summed E-state index contributed by atoms with van der Waals surface area (Å²) in [5.74, 6) is -4.79. The highest BCUT2D eigenvalue weighted by Crippen LogP contribution is 2.38. The van der Waals surface area contributed by atoms with Crippen molar-refractivity contribution in [1.29, 1.82) is 0 Å². The Balaban J connectivity index is 1.99. The van der Waals surface area contributed by atoms with Gasteiger partial charge in [-0.1, -0.05) is 0 Å². The zero-order valence-electron chi connectivity index (χ0n) is 19.3. The number of rotatable bonds is 7. The number of pyridine rings is 1. The molecular formula is C23H23F2NO8S. The molecule has 2 heterocycles. The molecule has 1 fully saturated rings. The molecule has 1 aromatic heterocycles. The van der Waals surface area contributed by atoms with E-state index in [-0.39, 0.29) is 17.2 Å². The van der Waals surface area contributed by atoms with Crippen molar-refractivity contribution in [3.05, 3.63) is 42.1 Å². The van der Waals surface area contributed by atoms with Gasteiger partial charge in [-0.25, -0.2) is 9.37 Å². The molecule has 0 saturated carbocycles. The first-order chi connectivity index (χ1) is 16.6. The first-order valence-corrected chi connectivity index (χ1v) is 11.4. The molecule has 0 bridgehead atoms. The van der Waals surface area contributed by atoms with Gasteiger partial charge < -0.3 is 23.7 Å². The fourth-order valence-corrected chi connectivity index (χ4v) is 4.72. The summed E-state index contributed by atoms with van der Waals surface area (Å²) in [4.78, 5) is 39.1. The lowest BCUT2D eigenvalue weighted by Gasteiger charge is -2.39. The fraction of sp³-hybridized carbons (Fsp3) is 0.391. The standard InChI is InChI=1S/C23H23F2NO8S/c1-11(27)31-18-10-35-23(21(33-13(3)29)20(18)32-12(2)28)34-17-9-14(8-16(24)19(17)25)15-6-5-7-26-22(15)30-4/h5-9,18,20-21,23H,10H2,1-4H3/t18-,20+,21-,23-/m1/s1. The lowest BCUT2D eigenvalue weighted by molar-refractivity contribution is -0.186. The summed E-state index contributed by atoms with van der Waals surface area (Å²) in [5.41, 5.74) is -0.516. The van der Waals surface area contributed by atoms with E-state index in [1.54, 1.807) is 12.1 Å². The summed E-state index contributed by atoms with van der Waals surface area (Å²) in [7, 11) is 1.39. The largest absolute Gasteiger partial charge is 0.481 e. The highest BCUT2D eigenvalue weighted by Gasteiger charge is 2.48. The molecule has 188 valence electrons. The molecule has 3 rings (SSSR count). The van der Waals surface area contributed by atoms with Crippen molar-refractivity contribution >= 4 is 29.7 Å². The molecule has 0 radical (unpaired) electrons. The van der Waals surface area contributed by atoms with Crippen LogP contribution in [0.4, 0.5) is 8.78 Å². The van der Waals surface area contributed by atoms with Crippen molar-refractivity contribution in [1.82, 2.24) is 4.98 Å². The number of nitrogens with zero attached hydrogens (tertiary/aromatic N) is 1. The van der Waals surface area contributed by atoms with Gasteiger partial charge in [-0.2, -0.15) is 4.39 Å². The molecule has 0 N–H and O–H groups in total. The topological polar surface area (TPSA) is 110 Å². The maximum absolute atomic E-state index is 14.8. The van der Waals surface area contributed by atoms with Crippen molar-refractivity contribution in [3.63, 3.8) is 0 Å². The summed E-state index contributed by atoms with van der Waals surface area (Å²) < 4.78 is 56.1. The maximum atomic E-state index is 14.8. The number of halogens is 2. The van der Waals surface area contributed by atoms with E-state index in [0.29, 0.717) is 5.56 Å². The van der Waals surface area contributed by atoms with Gasteiger partial charge in [0.15, 0.2) is 35.3 Å². The van der Waals surface area contributed by atoms with E-state index in [9.17, 15) is 23.2 Å². The van der Waals surface area contributed by atoms with Crippen LogP contribution in [0, 0.1) is 11.6 Å². The number of carbonyl (C=O) groups is 3. The van der Waals surface area contributed by atoms with Crippen LogP contribution >= 0.6 is 11.8 Å². The Morgan fingerprint density at radius 1 is 1.00 bits per heavy atom. The minimum atomic E-state index is -1.29. The van der Waals surface area contributed by atoms with Crippen molar-refractivity contribution in [3.8, 4) is 22.8 Å². The van der Waals surface area contributed by atoms with Crippen molar-refractivity contribution in [2.45, 2.75) is 44.5 Å². The van der Waals surface area contributed by atoms with Crippen LogP contribution in [0.25, 0.3) is 11.1 Å². The first kappa shape index (κ1) is 26.2. The minimum Gasteiger partial charge on any atom is -0.481 e. The van der Waals surface area contributed by atoms with E-state index in [2.05, 4.69) is 4.98 Å². The van der Waals surface area contributed by atoms with Gasteiger partial charge in [0, 0.05) is 38.3 Å². The van der Waals surface area contributed by atoms with Crippen molar-refractivity contribution in [2.24, 2.45) is 0 Å². The predicted octanol–water partition coefficient (Wildman–Crippen LogP) is 3.28. The highest BCUT2D eigenvalue weighted by atomic mass is 32.2. The number of thioether (sulfide) groups is 1. The lowest BCUT2D eigenvalue weighted by atomic mass is 10.1. The molecule has 12 heteroatoms. The van der Waals surface area contributed by atoms with Crippen LogP contribution in [0.3, 0.4) is 0 Å². The Hall–Kier alpha value is -3.41. The third-order valence-corrected chi connectivity index (χ3v) is 6.03. The van der Waals surface area contributed by atoms with Crippen LogP contribution < -0.4 is 9.47 Å². The van der Waals surface area contributed by atoms with Crippen molar-refractivity contribution in [2.75, 3.05) is 12.9 Å². The Labute approximate surface area is 204 Å². The zero-order valence-corrected chi connectivity index (χ0v) is 20.1. The quantitative estimate of drug-likeness (QED) is 0.406. The van der Waals surface area contributed by atoms with E-state index in [0.717, 1.165) is 31.7 Å². The lowest BCUT2D eigenvalue weighted by Crippen LogP contribution is -2.55. The summed E-state index contributed by atoms with van der Waals surface area (Å²) in [6.07, 6.45) is -2.01. The van der Waals surface area contributed by atoms with Crippen LogP contribution in [0.5, 0.6) is 11.6 Å². The average molecular weight is 511 g/mol. The maximum Gasteiger partial charge on any atom is 0.303 e. The van der Waals surface area contributed by atoms with Gasteiger partial charge in [0.1, 0.15) is 0 Å². The number of esters is 3. The van der Waals surface area contributed by atoms with Crippen LogP contribution in [0.1, 0.15) is 20.8 Å². The summed E-state index contributed by atoms with van der Waals surface area (Å²) in [6, 6.07) is 5.44. The van der Waals surface area contributed by atoms with Gasteiger partial charge >= 0.3 is 17.9 Å². The molecule has 4 atom stereocenters. The number of hydrogen-bond acceptors (Lipinski definition) is 10. The van der Waals surface area contributed by atoms with Crippen LogP contribution in [0.15, 0.2) is 30.5 Å². The normalized spacial score (nSPS) is 21.5. The van der Waals surface area contributed by atoms with Gasteiger partial charge in [-0.05, 0) is 29.8 Å². The third kappa shape index (κ3) is 6.38. The van der Waals surface area contributed by atoms with E-state index in [1.807, 2.05) is 0 Å². The van der Waals surface area contributed by atoms with Gasteiger partial charge in [0.05, 0.1) is 7.11 Å². The smallest absolute Gasteiger partial charge is 0.303 e. The fourth-order valence-electron chi connectivity index (χ4n) is 3.51. The first-order valence-electron chi connectivity index (χ1n) is 10.4. The van der Waals surface area contributed by atoms with Crippen LogP contribution in [-0.4, -0.2) is 59.5 Å². The molecule has 1 aromatic carbocycles. The van der Waals surface area contributed by atoms with Crippen molar-refractivity contribution < 1.29 is 46.8 Å². The van der Waals surface area contributed by atoms with Gasteiger partial charge in [-0.3, -0.25) is 14.4 Å². The number of ether oxygens (including phenoxy) is 5. The molecule has 0 aliphatic carbocycles. The molecule has 2 aromatic rings. The molecular weight excluding hydrogens is 488 g/mol. The SMILES string of the molecule is COc1ncccc1-c1cc(F)c(F)c(O[C@@H]2SC[C@@H](OC(C)=O)[C@H](OC(C)=O)[C@H]2OC(C)=O)c1. The number of aromatic nitrogens is 1. The number of benzene rings is 1. The van der Waals surface area contributed by atoms with E-state index in [4.69, 9.17) is 23.7 Å². The predicted molar refractivity (Wildman–Crippen MR) is 120 cm³/mol. The Morgan fingerprint density at radius 2 is 1.66 bits per heavy atom. The summed E-state index contributed by atoms with van der Waals surface area (Å²) in [5, 5.41) is 0. The van der Waals surface area contributed by atoms with Crippen LogP contribution in [0.2, 0.25) is 0 Å². The molecule has 0 unspecified atom stereocenters. The molecule has 9 nitrogen and oxygen atoms in total. The second-order valence-electron chi connectivity index (χ2n) is 7.45. The monoisotopic (exact) mass is 511 g/mol. The molecule has 35 heavy (non-hydrogen) atoms. The molecule has 1 aliphatic heterocycles. The second-order valence-corrected chi connectivity index (χ2v) is 8.58. The highest BCUT2D eigenvalue weighted by molar-refractivity contribution is 7.99. The van der Waals surface area contributed by atoms with Gasteiger partial charge in [0.25, 0.3) is 0 Å². The summed E-state index contributed by atoms with van der Waals surface area (Å²) in [6.45, 7) is 3.43. The third-order valence-electron chi connectivity index (χ3n) is 4.82. The zero-order chi connectivity index (χ0) is 25.7. The Kier molecular flexibility index (Phi) is 8.49. The van der Waals surface area contributed by atoms with E-state index < -0.39 is 59.0 Å². The average Bonchev–Trinajstić information content (AvgIpc) is 2.79. The van der Waals surface area contributed by atoms with Gasteiger partial charge in [0.2, 0.25) is 11.7 Å². The summed E-state index contributed by atoms with van der Waals surface area (Å²) >= 11 is 1.02. The second kappa shape index (κ2) is 11.3. The van der Waals surface area contributed by atoms with Gasteiger partial charge in [-0.15, -0.1) is 11.8 Å². The Morgan fingerprint density at radius 3 is 2.29 bits per heavy atom. The molecule has 1 saturated heterocycles. The number of carbonyl (C=O) groups excluding carboxylic acids is 3. The molecule has 0 amide bonds. The van der Waals surface area contributed by atoms with E-state index >= 15 is 0 Å². The number of hydrogen-bond donors (Lipinski definition) is 0. The number of methoxy groups -OCH3 is 1. The Bertz CT molecular complexity index is 1110. The molecule has 0 spiro atoms. The molecule has 1 aliphatic rings. The van der Waals surface area contributed by atoms with E-state index in [1.165, 1.54) is 26.3 Å².